The second kappa shape index (κ2) is 12.4. The third kappa shape index (κ3) is 8.09. The molecule has 1 aromatic carbocycles. The number of carbonyl (C=O) groups is 3. The number of hydrogen-bond acceptors (Lipinski definition) is 6. The molecule has 0 spiro atoms. The van der Waals surface area contributed by atoms with Crippen molar-refractivity contribution in [2.24, 2.45) is 17.8 Å². The largest absolute Gasteiger partial charge is 0.490 e. The van der Waals surface area contributed by atoms with Crippen LogP contribution in [0.25, 0.3) is 0 Å². The quantitative estimate of drug-likeness (QED) is 0.349. The molecule has 0 unspecified atom stereocenters. The van der Waals surface area contributed by atoms with Crippen molar-refractivity contribution in [3.05, 3.63) is 30.3 Å². The van der Waals surface area contributed by atoms with E-state index in [0.717, 1.165) is 18.8 Å². The van der Waals surface area contributed by atoms with E-state index in [4.69, 9.17) is 9.90 Å². The second-order valence-electron chi connectivity index (χ2n) is 9.70. The SMILES string of the molecule is CC(C)C[C@@]1(O)CC[C@H](C(=O)N2CCN(c3ccccc3)CC2)[C@@H](C(=O)NO)C1.O=C(O)C(F)(F)F. The van der Waals surface area contributed by atoms with Gasteiger partial charge in [0.1, 0.15) is 0 Å². The minimum absolute atomic E-state index is 0.0436. The molecule has 202 valence electrons. The van der Waals surface area contributed by atoms with E-state index < -0.39 is 35.5 Å². The summed E-state index contributed by atoms with van der Waals surface area (Å²) in [6, 6.07) is 10.1. The highest BCUT2D eigenvalue weighted by Gasteiger charge is 2.46. The Morgan fingerprint density at radius 2 is 1.64 bits per heavy atom. The third-order valence-electron chi connectivity index (χ3n) is 6.51. The van der Waals surface area contributed by atoms with Crippen LogP contribution in [0.5, 0.6) is 0 Å². The minimum Gasteiger partial charge on any atom is -0.475 e. The Balaban J connectivity index is 0.000000572. The number of piperazine rings is 1. The lowest BCUT2D eigenvalue weighted by molar-refractivity contribution is -0.192. The van der Waals surface area contributed by atoms with Gasteiger partial charge in [-0.2, -0.15) is 13.2 Å². The molecule has 2 aliphatic rings. The lowest BCUT2D eigenvalue weighted by Gasteiger charge is -2.43. The molecule has 4 N–H and O–H groups in total. The fourth-order valence-electron chi connectivity index (χ4n) is 4.94. The molecule has 2 fully saturated rings. The number of para-hydroxylation sites is 1. The van der Waals surface area contributed by atoms with E-state index in [1.165, 1.54) is 0 Å². The van der Waals surface area contributed by atoms with Crippen molar-refractivity contribution in [3.63, 3.8) is 0 Å². The number of carbonyl (C=O) groups excluding carboxylic acids is 2. The highest BCUT2D eigenvalue weighted by Crippen LogP contribution is 2.41. The van der Waals surface area contributed by atoms with Crippen molar-refractivity contribution >= 4 is 23.5 Å². The maximum atomic E-state index is 13.2. The van der Waals surface area contributed by atoms with Crippen LogP contribution in [-0.4, -0.2) is 76.1 Å². The number of amides is 2. The van der Waals surface area contributed by atoms with Crippen LogP contribution in [0.15, 0.2) is 30.3 Å². The summed E-state index contributed by atoms with van der Waals surface area (Å²) in [6.07, 6.45) is -3.34. The molecule has 3 rings (SSSR count). The van der Waals surface area contributed by atoms with Crippen LogP contribution < -0.4 is 10.4 Å². The predicted molar refractivity (Wildman–Crippen MR) is 124 cm³/mol. The van der Waals surface area contributed by atoms with Crippen molar-refractivity contribution in [2.45, 2.75) is 51.3 Å². The molecule has 2 amide bonds. The highest BCUT2D eigenvalue weighted by atomic mass is 19.4. The number of benzene rings is 1. The van der Waals surface area contributed by atoms with E-state index in [1.54, 1.807) is 5.48 Å². The van der Waals surface area contributed by atoms with Gasteiger partial charge in [0.15, 0.2) is 0 Å². The van der Waals surface area contributed by atoms with E-state index in [2.05, 4.69) is 17.0 Å². The molecule has 0 bridgehead atoms. The molecule has 36 heavy (non-hydrogen) atoms. The number of aliphatic carboxylic acids is 1. The van der Waals surface area contributed by atoms with Gasteiger partial charge in [0, 0.05) is 31.9 Å². The van der Waals surface area contributed by atoms with Gasteiger partial charge in [0.25, 0.3) is 0 Å². The van der Waals surface area contributed by atoms with Crippen molar-refractivity contribution in [1.29, 1.82) is 0 Å². The molecule has 0 radical (unpaired) electrons. The number of alkyl halides is 3. The molecule has 1 saturated carbocycles. The number of rotatable bonds is 5. The van der Waals surface area contributed by atoms with Gasteiger partial charge in [-0.05, 0) is 43.7 Å². The predicted octanol–water partition coefficient (Wildman–Crippen LogP) is 2.67. The summed E-state index contributed by atoms with van der Waals surface area (Å²) in [5.74, 6) is -4.30. The van der Waals surface area contributed by atoms with Crippen LogP contribution in [0.2, 0.25) is 0 Å². The summed E-state index contributed by atoms with van der Waals surface area (Å²) < 4.78 is 31.7. The van der Waals surface area contributed by atoms with E-state index >= 15 is 0 Å². The Hall–Kier alpha value is -2.86. The van der Waals surface area contributed by atoms with E-state index in [0.29, 0.717) is 32.4 Å². The van der Waals surface area contributed by atoms with Gasteiger partial charge in [0.05, 0.1) is 17.4 Å². The summed E-state index contributed by atoms with van der Waals surface area (Å²) in [5, 5.41) is 27.3. The third-order valence-corrected chi connectivity index (χ3v) is 6.51. The lowest BCUT2D eigenvalue weighted by Crippen LogP contribution is -2.55. The Kier molecular flexibility index (Phi) is 10.1. The molecule has 1 aliphatic heterocycles. The standard InChI is InChI=1S/C22H33N3O4.C2HF3O2/c1-16(2)14-22(28)9-8-18(19(15-22)20(26)23-29)21(27)25-12-10-24(11-13-25)17-6-4-3-5-7-17;3-2(4,5)1(6)7/h3-7,16,18-19,28-29H,8-15H2,1-2H3,(H,23,26);(H,6,7)/t18-,19-,22-;/m0./s1. The molecule has 1 aliphatic carbocycles. The molecular weight excluding hydrogens is 483 g/mol. The maximum absolute atomic E-state index is 13.2. The molecule has 0 aromatic heterocycles. The van der Waals surface area contributed by atoms with Crippen LogP contribution in [0.1, 0.15) is 39.5 Å². The number of carboxylic acid groups (broad SMARTS) is 1. The van der Waals surface area contributed by atoms with Crippen molar-refractivity contribution in [1.82, 2.24) is 10.4 Å². The normalized spacial score (nSPS) is 24.6. The number of nitrogens with one attached hydrogen (secondary N) is 1. The van der Waals surface area contributed by atoms with Crippen molar-refractivity contribution < 1.29 is 43.0 Å². The van der Waals surface area contributed by atoms with Gasteiger partial charge < -0.3 is 20.0 Å². The smallest absolute Gasteiger partial charge is 0.475 e. The Morgan fingerprint density at radius 1 is 1.08 bits per heavy atom. The first-order chi connectivity index (χ1) is 16.8. The van der Waals surface area contributed by atoms with E-state index in [1.807, 2.05) is 36.9 Å². The fraction of sp³-hybridized carbons (Fsp3) is 0.625. The van der Waals surface area contributed by atoms with Crippen LogP contribution in [0, 0.1) is 17.8 Å². The molecule has 12 heteroatoms. The summed E-state index contributed by atoms with van der Waals surface area (Å²) in [6.45, 7) is 6.76. The molecule has 3 atom stereocenters. The van der Waals surface area contributed by atoms with Gasteiger partial charge >= 0.3 is 12.1 Å². The topological polar surface area (TPSA) is 130 Å². The van der Waals surface area contributed by atoms with E-state index in [-0.39, 0.29) is 18.2 Å². The first-order valence-electron chi connectivity index (χ1n) is 11.8. The van der Waals surface area contributed by atoms with Crippen molar-refractivity contribution in [2.75, 3.05) is 31.1 Å². The molecule has 1 aromatic rings. The van der Waals surface area contributed by atoms with Crippen LogP contribution in [0.3, 0.4) is 0 Å². The summed E-state index contributed by atoms with van der Waals surface area (Å²) in [5.41, 5.74) is 1.90. The van der Waals surface area contributed by atoms with Crippen LogP contribution in [0.4, 0.5) is 18.9 Å². The monoisotopic (exact) mass is 517 g/mol. The summed E-state index contributed by atoms with van der Waals surface area (Å²) in [7, 11) is 0. The maximum Gasteiger partial charge on any atom is 0.490 e. The Labute approximate surface area is 207 Å². The molecule has 9 nitrogen and oxygen atoms in total. The fourth-order valence-corrected chi connectivity index (χ4v) is 4.94. The zero-order valence-corrected chi connectivity index (χ0v) is 20.4. The molecular formula is C24H34F3N3O6. The summed E-state index contributed by atoms with van der Waals surface area (Å²) in [4.78, 5) is 38.5. The zero-order chi connectivity index (χ0) is 27.1. The highest BCUT2D eigenvalue weighted by molar-refractivity contribution is 5.87. The number of carboxylic acids is 1. The van der Waals surface area contributed by atoms with Gasteiger partial charge in [-0.3, -0.25) is 14.8 Å². The minimum atomic E-state index is -5.08. The first-order valence-corrected chi connectivity index (χ1v) is 11.8. The molecule has 1 heterocycles. The lowest BCUT2D eigenvalue weighted by atomic mass is 9.68. The summed E-state index contributed by atoms with van der Waals surface area (Å²) >= 11 is 0. The first kappa shape index (κ1) is 29.4. The number of anilines is 1. The number of halogens is 3. The van der Waals surface area contributed by atoms with Crippen LogP contribution in [-0.2, 0) is 14.4 Å². The average Bonchev–Trinajstić information content (AvgIpc) is 2.83. The number of aliphatic hydroxyl groups is 1. The zero-order valence-electron chi connectivity index (χ0n) is 20.4. The van der Waals surface area contributed by atoms with Gasteiger partial charge in [-0.1, -0.05) is 32.0 Å². The Bertz CT molecular complexity index is 891. The Morgan fingerprint density at radius 3 is 2.11 bits per heavy atom. The van der Waals surface area contributed by atoms with Gasteiger partial charge in [-0.25, -0.2) is 10.3 Å². The average molecular weight is 518 g/mol. The van der Waals surface area contributed by atoms with E-state index in [9.17, 15) is 33.1 Å². The molecule has 1 saturated heterocycles. The van der Waals surface area contributed by atoms with Gasteiger partial charge in [0.2, 0.25) is 11.8 Å². The number of nitrogens with zero attached hydrogens (tertiary/aromatic N) is 2. The number of hydrogen-bond donors (Lipinski definition) is 4. The van der Waals surface area contributed by atoms with Crippen LogP contribution >= 0.6 is 0 Å². The van der Waals surface area contributed by atoms with Gasteiger partial charge in [-0.15, -0.1) is 0 Å². The second-order valence-corrected chi connectivity index (χ2v) is 9.70. The van der Waals surface area contributed by atoms with Crippen molar-refractivity contribution in [3.8, 4) is 0 Å². The number of hydroxylamine groups is 1.